The lowest BCUT2D eigenvalue weighted by atomic mass is 10.1. The fraction of sp³-hybridized carbons (Fsp3) is 0.192. The maximum absolute atomic E-state index is 5.53. The molecule has 5 nitrogen and oxygen atoms in total. The molecule has 0 aliphatic rings. The third-order valence-corrected chi connectivity index (χ3v) is 6.97. The molecule has 5 aromatic rings. The number of fused-ring (bicyclic) bond motifs is 1. The average molecular weight is 473 g/mol. The summed E-state index contributed by atoms with van der Waals surface area (Å²) in [6, 6.07) is 24.6. The van der Waals surface area contributed by atoms with Crippen molar-refractivity contribution in [3.05, 3.63) is 78.4 Å². The summed E-state index contributed by atoms with van der Waals surface area (Å²) in [5, 5.41) is 5.10. The number of benzene rings is 3. The second-order valence-corrected chi connectivity index (χ2v) is 11.6. The van der Waals surface area contributed by atoms with Gasteiger partial charge < -0.3 is 9.51 Å². The number of rotatable bonds is 6. The Morgan fingerprint density at radius 1 is 0.848 bits per heavy atom. The van der Waals surface area contributed by atoms with Gasteiger partial charge in [0.15, 0.2) is 5.16 Å². The Morgan fingerprint density at radius 2 is 1.58 bits per heavy atom. The van der Waals surface area contributed by atoms with Gasteiger partial charge in [-0.15, -0.1) is 11.8 Å². The summed E-state index contributed by atoms with van der Waals surface area (Å²) in [4.78, 5) is 13.8. The summed E-state index contributed by atoms with van der Waals surface area (Å²) in [7, 11) is 0. The zero-order valence-corrected chi connectivity index (χ0v) is 20.3. The number of nitrogens with zero attached hydrogens (tertiary/aromatic N) is 3. The summed E-state index contributed by atoms with van der Waals surface area (Å²) in [6.07, 6.45) is 0. The van der Waals surface area contributed by atoms with Gasteiger partial charge in [-0.25, -0.2) is 4.98 Å². The summed E-state index contributed by atoms with van der Waals surface area (Å²) < 4.78 is 5.71. The van der Waals surface area contributed by atoms with Gasteiger partial charge in [0.2, 0.25) is 5.82 Å². The molecule has 2 heterocycles. The molecule has 0 aliphatic carbocycles. The van der Waals surface area contributed by atoms with E-state index < -0.39 is 0 Å². The summed E-state index contributed by atoms with van der Waals surface area (Å²) in [6.45, 7) is 6.62. The highest BCUT2D eigenvalue weighted by atomic mass is 32.2. The standard InChI is InChI=1S/C26H24N4OS2/c1-26(2,3)33-20-14-12-18(13-15-20)23-29-24(31-30-23)19-10-8-17(9-11-19)16-32-25-27-21-6-4-5-7-22(21)28-25/h4-15H,16H2,1-3H3,(H,27,28). The Kier molecular flexibility index (Phi) is 6.00. The predicted octanol–water partition coefficient (Wildman–Crippen LogP) is 7.46. The molecule has 0 spiro atoms. The van der Waals surface area contributed by atoms with Gasteiger partial charge >= 0.3 is 0 Å². The van der Waals surface area contributed by atoms with E-state index in [1.54, 1.807) is 11.8 Å². The van der Waals surface area contributed by atoms with Crippen molar-refractivity contribution in [3.8, 4) is 22.8 Å². The van der Waals surface area contributed by atoms with Crippen LogP contribution in [0.4, 0.5) is 0 Å². The minimum absolute atomic E-state index is 0.178. The van der Waals surface area contributed by atoms with Crippen molar-refractivity contribution in [2.75, 3.05) is 0 Å². The van der Waals surface area contributed by atoms with Gasteiger partial charge in [-0.2, -0.15) is 4.98 Å². The summed E-state index contributed by atoms with van der Waals surface area (Å²) >= 11 is 3.53. The number of H-pyrrole nitrogens is 1. The maximum atomic E-state index is 5.53. The zero-order valence-electron chi connectivity index (χ0n) is 18.7. The summed E-state index contributed by atoms with van der Waals surface area (Å²) in [5.41, 5.74) is 5.11. The number of aromatic amines is 1. The van der Waals surface area contributed by atoms with E-state index in [4.69, 9.17) is 4.52 Å². The molecule has 0 bridgehead atoms. The van der Waals surface area contributed by atoms with E-state index >= 15 is 0 Å². The molecule has 0 saturated heterocycles. The number of imidazole rings is 1. The first-order valence-electron chi connectivity index (χ1n) is 10.7. The van der Waals surface area contributed by atoms with Crippen molar-refractivity contribution in [1.29, 1.82) is 0 Å². The van der Waals surface area contributed by atoms with Gasteiger partial charge in [-0.1, -0.05) is 62.0 Å². The minimum atomic E-state index is 0.178. The van der Waals surface area contributed by atoms with E-state index in [0.29, 0.717) is 11.7 Å². The first kappa shape index (κ1) is 21.8. The van der Waals surface area contributed by atoms with Crippen molar-refractivity contribution < 1.29 is 4.52 Å². The third kappa shape index (κ3) is 5.31. The smallest absolute Gasteiger partial charge is 0.258 e. The lowest BCUT2D eigenvalue weighted by molar-refractivity contribution is 0.432. The van der Waals surface area contributed by atoms with Crippen LogP contribution < -0.4 is 0 Å². The predicted molar refractivity (Wildman–Crippen MR) is 136 cm³/mol. The molecule has 33 heavy (non-hydrogen) atoms. The first-order valence-corrected chi connectivity index (χ1v) is 12.5. The Labute approximate surface area is 201 Å². The lowest BCUT2D eigenvalue weighted by Crippen LogP contribution is -2.06. The number of hydrogen-bond acceptors (Lipinski definition) is 6. The van der Waals surface area contributed by atoms with Gasteiger partial charge in [0.1, 0.15) is 0 Å². The largest absolute Gasteiger partial charge is 0.334 e. The first-order chi connectivity index (χ1) is 15.9. The van der Waals surface area contributed by atoms with Gasteiger partial charge in [-0.05, 0) is 54.1 Å². The average Bonchev–Trinajstić information content (AvgIpc) is 3.45. The lowest BCUT2D eigenvalue weighted by Gasteiger charge is -2.17. The molecule has 7 heteroatoms. The van der Waals surface area contributed by atoms with Crippen molar-refractivity contribution in [3.63, 3.8) is 0 Å². The molecule has 0 atom stereocenters. The molecule has 3 aromatic carbocycles. The Bertz CT molecular complexity index is 1330. The number of thioether (sulfide) groups is 2. The van der Waals surface area contributed by atoms with Crippen LogP contribution in [0.15, 0.2) is 87.4 Å². The van der Waals surface area contributed by atoms with Crippen LogP contribution >= 0.6 is 23.5 Å². The van der Waals surface area contributed by atoms with Crippen LogP contribution in [0.5, 0.6) is 0 Å². The molecule has 0 unspecified atom stereocenters. The molecule has 166 valence electrons. The number of nitrogens with one attached hydrogen (secondary N) is 1. The molecule has 0 aliphatic heterocycles. The molecule has 0 amide bonds. The van der Waals surface area contributed by atoms with E-state index in [0.717, 1.165) is 33.1 Å². The highest BCUT2D eigenvalue weighted by molar-refractivity contribution is 8.00. The molecule has 0 fully saturated rings. The van der Waals surface area contributed by atoms with Gasteiger partial charge in [0.25, 0.3) is 5.89 Å². The Morgan fingerprint density at radius 3 is 2.30 bits per heavy atom. The van der Waals surface area contributed by atoms with Crippen LogP contribution in [-0.4, -0.2) is 24.9 Å². The fourth-order valence-corrected chi connectivity index (χ4v) is 5.20. The van der Waals surface area contributed by atoms with Crippen LogP contribution in [-0.2, 0) is 5.75 Å². The Hall–Kier alpha value is -3.03. The van der Waals surface area contributed by atoms with Gasteiger partial charge in [0, 0.05) is 26.5 Å². The second kappa shape index (κ2) is 9.08. The minimum Gasteiger partial charge on any atom is -0.334 e. The molecule has 0 saturated carbocycles. The fourth-order valence-electron chi connectivity index (χ4n) is 3.38. The van der Waals surface area contributed by atoms with Crippen molar-refractivity contribution in [2.24, 2.45) is 0 Å². The van der Waals surface area contributed by atoms with E-state index in [1.165, 1.54) is 10.5 Å². The number of hydrogen-bond donors (Lipinski definition) is 1. The van der Waals surface area contributed by atoms with E-state index in [1.807, 2.05) is 60.3 Å². The highest BCUT2D eigenvalue weighted by Crippen LogP contribution is 2.33. The monoisotopic (exact) mass is 472 g/mol. The third-order valence-electron chi connectivity index (χ3n) is 4.91. The van der Waals surface area contributed by atoms with Crippen LogP contribution in [0.2, 0.25) is 0 Å². The van der Waals surface area contributed by atoms with E-state index in [2.05, 4.69) is 65.1 Å². The number of para-hydroxylation sites is 2. The van der Waals surface area contributed by atoms with Gasteiger partial charge in [-0.3, -0.25) is 0 Å². The molecule has 5 rings (SSSR count). The van der Waals surface area contributed by atoms with Crippen molar-refractivity contribution in [2.45, 2.75) is 41.3 Å². The van der Waals surface area contributed by atoms with Crippen LogP contribution in [0.1, 0.15) is 26.3 Å². The maximum Gasteiger partial charge on any atom is 0.258 e. The molecule has 0 radical (unpaired) electrons. The van der Waals surface area contributed by atoms with Crippen LogP contribution in [0, 0.1) is 0 Å². The van der Waals surface area contributed by atoms with E-state index in [9.17, 15) is 0 Å². The van der Waals surface area contributed by atoms with Crippen molar-refractivity contribution >= 4 is 34.6 Å². The Balaban J connectivity index is 1.24. The van der Waals surface area contributed by atoms with E-state index in [-0.39, 0.29) is 4.75 Å². The van der Waals surface area contributed by atoms with Crippen LogP contribution in [0.3, 0.4) is 0 Å². The van der Waals surface area contributed by atoms with Crippen molar-refractivity contribution in [1.82, 2.24) is 20.1 Å². The SMILES string of the molecule is CC(C)(C)Sc1ccc(-c2noc(-c3ccc(CSc4nc5ccccc5[nH]4)cc3)n2)cc1. The molecular formula is C26H24N4OS2. The van der Waals surface area contributed by atoms with Crippen LogP contribution in [0.25, 0.3) is 33.9 Å². The topological polar surface area (TPSA) is 67.6 Å². The summed E-state index contributed by atoms with van der Waals surface area (Å²) in [5.74, 6) is 1.95. The molecule has 2 aromatic heterocycles. The molecule has 1 N–H and O–H groups in total. The molecular weight excluding hydrogens is 448 g/mol. The zero-order chi connectivity index (χ0) is 22.8. The normalized spacial score (nSPS) is 11.8. The second-order valence-electron chi connectivity index (χ2n) is 8.71. The highest BCUT2D eigenvalue weighted by Gasteiger charge is 2.14. The van der Waals surface area contributed by atoms with Gasteiger partial charge in [0.05, 0.1) is 11.0 Å². The number of aromatic nitrogens is 4. The quantitative estimate of drug-likeness (QED) is 0.259.